The van der Waals surface area contributed by atoms with E-state index in [0.29, 0.717) is 0 Å². The zero-order chi connectivity index (χ0) is 10.8. The summed E-state index contributed by atoms with van der Waals surface area (Å²) in [6, 6.07) is 9.91. The van der Waals surface area contributed by atoms with Crippen molar-refractivity contribution < 1.29 is 5.11 Å². The average molecular weight is 267 g/mol. The van der Waals surface area contributed by atoms with Crippen molar-refractivity contribution in [2.45, 2.75) is 18.0 Å². The van der Waals surface area contributed by atoms with Crippen molar-refractivity contribution in [1.29, 1.82) is 5.26 Å². The summed E-state index contributed by atoms with van der Waals surface area (Å²) in [5.41, 5.74) is 1.10. The van der Waals surface area contributed by atoms with Crippen LogP contribution in [-0.4, -0.2) is 23.8 Å². The zero-order valence-electron chi connectivity index (χ0n) is 8.02. The molecule has 78 valence electrons. The van der Waals surface area contributed by atoms with E-state index in [1.807, 2.05) is 24.3 Å². The lowest BCUT2D eigenvalue weighted by Crippen LogP contribution is -2.60. The van der Waals surface area contributed by atoms with E-state index in [9.17, 15) is 0 Å². The highest BCUT2D eigenvalue weighted by molar-refractivity contribution is 9.10. The monoisotopic (exact) mass is 266 g/mol. The number of halogens is 1. The van der Waals surface area contributed by atoms with Gasteiger partial charge in [0.1, 0.15) is 6.04 Å². The molecule has 1 aliphatic rings. The van der Waals surface area contributed by atoms with Crippen LogP contribution in [0.4, 0.5) is 0 Å². The second-order valence-corrected chi connectivity index (χ2v) is 4.56. The van der Waals surface area contributed by atoms with Crippen molar-refractivity contribution in [3.8, 4) is 6.07 Å². The quantitative estimate of drug-likeness (QED) is 0.851. The molecule has 0 spiro atoms. The fraction of sp³-hybridized carbons (Fsp3) is 0.364. The minimum atomic E-state index is -0.177. The highest BCUT2D eigenvalue weighted by atomic mass is 79.9. The Kier molecular flexibility index (Phi) is 3.06. The molecule has 1 heterocycles. The predicted molar refractivity (Wildman–Crippen MR) is 60.3 cm³/mol. The van der Waals surface area contributed by atoms with E-state index in [1.165, 1.54) is 0 Å². The Labute approximate surface area is 96.9 Å². The Morgan fingerprint density at radius 2 is 2.07 bits per heavy atom. The number of aliphatic hydroxyl groups is 1. The Hall–Kier alpha value is -0.890. The zero-order valence-corrected chi connectivity index (χ0v) is 9.61. The maximum Gasteiger partial charge on any atom is 0.104 e. The van der Waals surface area contributed by atoms with Crippen LogP contribution in [0.2, 0.25) is 0 Å². The van der Waals surface area contributed by atoms with E-state index in [0.717, 1.165) is 10.0 Å². The van der Waals surface area contributed by atoms with Crippen LogP contribution in [-0.2, 0) is 0 Å². The first-order chi connectivity index (χ1) is 7.26. The highest BCUT2D eigenvalue weighted by Crippen LogP contribution is 2.32. The fourth-order valence-electron chi connectivity index (χ4n) is 1.95. The van der Waals surface area contributed by atoms with E-state index in [2.05, 4.69) is 27.3 Å². The molecule has 0 radical (unpaired) electrons. The largest absolute Gasteiger partial charge is 0.395 e. The van der Waals surface area contributed by atoms with Crippen molar-refractivity contribution >= 4 is 15.9 Å². The standard InChI is InChI=1S/C11H11BrN2O/c12-8-3-1-7(2-4-8)11-9(5-13)14-10(11)6-15/h1-4,9-11,14-15H,6H2. The van der Waals surface area contributed by atoms with Gasteiger partial charge >= 0.3 is 0 Å². The molecule has 0 saturated carbocycles. The normalized spacial score (nSPS) is 29.3. The molecule has 3 nitrogen and oxygen atoms in total. The number of nitrogens with zero attached hydrogens (tertiary/aromatic N) is 1. The first-order valence-electron chi connectivity index (χ1n) is 4.78. The van der Waals surface area contributed by atoms with Crippen molar-refractivity contribution in [1.82, 2.24) is 5.32 Å². The molecule has 3 unspecified atom stereocenters. The minimum absolute atomic E-state index is 0.0100. The molecule has 1 aromatic carbocycles. The number of hydrogen-bond donors (Lipinski definition) is 2. The number of aliphatic hydroxyl groups excluding tert-OH is 1. The van der Waals surface area contributed by atoms with Crippen molar-refractivity contribution in [3.63, 3.8) is 0 Å². The molecule has 0 aromatic heterocycles. The van der Waals surface area contributed by atoms with Gasteiger partial charge in [0, 0.05) is 16.4 Å². The molecule has 1 saturated heterocycles. The molecular formula is C11H11BrN2O. The Morgan fingerprint density at radius 1 is 1.40 bits per heavy atom. The van der Waals surface area contributed by atoms with Gasteiger partial charge in [-0.1, -0.05) is 28.1 Å². The van der Waals surface area contributed by atoms with Crippen molar-refractivity contribution in [3.05, 3.63) is 34.3 Å². The number of hydrogen-bond acceptors (Lipinski definition) is 3. The first-order valence-corrected chi connectivity index (χ1v) is 5.57. The Balaban J connectivity index is 2.21. The number of rotatable bonds is 2. The predicted octanol–water partition coefficient (Wildman–Crippen LogP) is 1.39. The summed E-state index contributed by atoms with van der Waals surface area (Å²) in [5, 5.41) is 21.0. The smallest absolute Gasteiger partial charge is 0.104 e. The topological polar surface area (TPSA) is 56.0 Å². The van der Waals surface area contributed by atoms with E-state index in [1.54, 1.807) is 0 Å². The molecule has 1 aromatic rings. The Bertz CT molecular complexity index is 385. The molecular weight excluding hydrogens is 256 g/mol. The van der Waals surface area contributed by atoms with E-state index in [-0.39, 0.29) is 24.6 Å². The molecule has 3 atom stereocenters. The summed E-state index contributed by atoms with van der Waals surface area (Å²) in [6.45, 7) is 0.0684. The van der Waals surface area contributed by atoms with Gasteiger partial charge in [-0.2, -0.15) is 5.26 Å². The van der Waals surface area contributed by atoms with Gasteiger partial charge in [-0.15, -0.1) is 0 Å². The third-order valence-corrected chi connectivity index (χ3v) is 3.31. The molecule has 15 heavy (non-hydrogen) atoms. The molecule has 2 rings (SSSR count). The summed E-state index contributed by atoms with van der Waals surface area (Å²) in [4.78, 5) is 0. The highest BCUT2D eigenvalue weighted by Gasteiger charge is 2.40. The van der Waals surface area contributed by atoms with Gasteiger partial charge in [-0.3, -0.25) is 5.32 Å². The minimum Gasteiger partial charge on any atom is -0.395 e. The second-order valence-electron chi connectivity index (χ2n) is 3.64. The molecule has 2 N–H and O–H groups in total. The SMILES string of the molecule is N#CC1NC(CO)C1c1ccc(Br)cc1. The van der Waals surface area contributed by atoms with E-state index < -0.39 is 0 Å². The lowest BCUT2D eigenvalue weighted by molar-refractivity contribution is 0.151. The van der Waals surface area contributed by atoms with Gasteiger partial charge in [0.05, 0.1) is 12.7 Å². The lowest BCUT2D eigenvalue weighted by atomic mass is 9.78. The Morgan fingerprint density at radius 3 is 2.60 bits per heavy atom. The number of benzene rings is 1. The summed E-state index contributed by atoms with van der Waals surface area (Å²) in [7, 11) is 0. The van der Waals surface area contributed by atoms with Gasteiger partial charge in [-0.25, -0.2) is 0 Å². The maximum atomic E-state index is 9.10. The van der Waals surface area contributed by atoms with Crippen molar-refractivity contribution in [2.24, 2.45) is 0 Å². The van der Waals surface area contributed by atoms with Gasteiger partial charge in [0.15, 0.2) is 0 Å². The number of nitrogens with one attached hydrogen (secondary N) is 1. The van der Waals surface area contributed by atoms with Gasteiger partial charge in [-0.05, 0) is 17.7 Å². The van der Waals surface area contributed by atoms with Crippen LogP contribution >= 0.6 is 15.9 Å². The van der Waals surface area contributed by atoms with Crippen LogP contribution in [0.15, 0.2) is 28.7 Å². The molecule has 1 fully saturated rings. The van der Waals surface area contributed by atoms with Gasteiger partial charge in [0.25, 0.3) is 0 Å². The molecule has 0 bridgehead atoms. The number of nitriles is 1. The van der Waals surface area contributed by atoms with Crippen LogP contribution in [0.3, 0.4) is 0 Å². The molecule has 0 amide bonds. The summed E-state index contributed by atoms with van der Waals surface area (Å²) < 4.78 is 1.02. The van der Waals surface area contributed by atoms with Crippen LogP contribution in [0, 0.1) is 11.3 Å². The van der Waals surface area contributed by atoms with Crippen LogP contribution in [0.1, 0.15) is 11.5 Å². The summed E-state index contributed by atoms with van der Waals surface area (Å²) in [5.74, 6) is 0.105. The lowest BCUT2D eigenvalue weighted by Gasteiger charge is -2.41. The second kappa shape index (κ2) is 4.31. The fourth-order valence-corrected chi connectivity index (χ4v) is 2.21. The van der Waals surface area contributed by atoms with Gasteiger partial charge in [0.2, 0.25) is 0 Å². The molecule has 1 aliphatic heterocycles. The summed E-state index contributed by atoms with van der Waals surface area (Å²) >= 11 is 3.37. The van der Waals surface area contributed by atoms with Crippen LogP contribution in [0.25, 0.3) is 0 Å². The molecule has 0 aliphatic carbocycles. The maximum absolute atomic E-state index is 9.10. The van der Waals surface area contributed by atoms with Crippen LogP contribution in [0.5, 0.6) is 0 Å². The van der Waals surface area contributed by atoms with E-state index in [4.69, 9.17) is 10.4 Å². The van der Waals surface area contributed by atoms with Crippen LogP contribution < -0.4 is 5.32 Å². The average Bonchev–Trinajstić information content (AvgIpc) is 2.21. The molecule has 4 heteroatoms. The summed E-state index contributed by atoms with van der Waals surface area (Å²) in [6.07, 6.45) is 0. The first kappa shape index (κ1) is 10.6. The van der Waals surface area contributed by atoms with E-state index >= 15 is 0 Å². The van der Waals surface area contributed by atoms with Crippen molar-refractivity contribution in [2.75, 3.05) is 6.61 Å². The third-order valence-electron chi connectivity index (χ3n) is 2.78. The third kappa shape index (κ3) is 1.91. The van der Waals surface area contributed by atoms with Gasteiger partial charge < -0.3 is 5.11 Å².